The maximum absolute atomic E-state index is 13.4. The lowest BCUT2D eigenvalue weighted by Crippen LogP contribution is -2.49. The lowest BCUT2D eigenvalue weighted by atomic mass is 9.85. The van der Waals surface area contributed by atoms with Crippen LogP contribution in [0.5, 0.6) is 0 Å². The van der Waals surface area contributed by atoms with Crippen LogP contribution in [0.4, 0.5) is 18.9 Å². The average molecular weight is 507 g/mol. The van der Waals surface area contributed by atoms with E-state index in [9.17, 15) is 31.7 Å². The SMILES string of the molecule is C[C@H](Br)[C@@]1(c2ccc(C(F)(F)F)cc2)CCCN1S(=O)(=O)c1cccc([N+](=O)[O-])c1. The van der Waals surface area contributed by atoms with Crippen molar-refractivity contribution in [3.63, 3.8) is 0 Å². The van der Waals surface area contributed by atoms with Gasteiger partial charge in [0.15, 0.2) is 0 Å². The van der Waals surface area contributed by atoms with Gasteiger partial charge < -0.3 is 0 Å². The number of non-ortho nitro benzene ring substituents is 1. The summed E-state index contributed by atoms with van der Waals surface area (Å²) in [5, 5.41) is 11.1. The van der Waals surface area contributed by atoms with Gasteiger partial charge in [-0.3, -0.25) is 10.1 Å². The fourth-order valence-electron chi connectivity index (χ4n) is 3.90. The standard InChI is InChI=1S/C19H18BrF3N2O4S/c1-13(20)18(14-6-8-15(9-7-14)19(21,22)23)10-3-11-24(18)30(28,29)17-5-2-4-16(12-17)25(26)27/h2,4-9,12-13H,3,10-11H2,1H3/t13-,18+/m0/s1. The molecular weight excluding hydrogens is 489 g/mol. The maximum atomic E-state index is 13.4. The van der Waals surface area contributed by atoms with Crippen LogP contribution in [-0.2, 0) is 21.7 Å². The normalized spacial score (nSPS) is 21.5. The van der Waals surface area contributed by atoms with E-state index in [-0.39, 0.29) is 17.1 Å². The predicted molar refractivity (Wildman–Crippen MR) is 108 cm³/mol. The maximum Gasteiger partial charge on any atom is 0.416 e. The van der Waals surface area contributed by atoms with E-state index < -0.39 is 37.1 Å². The van der Waals surface area contributed by atoms with Gasteiger partial charge in [-0.25, -0.2) is 8.42 Å². The lowest BCUT2D eigenvalue weighted by molar-refractivity contribution is -0.385. The van der Waals surface area contributed by atoms with Gasteiger partial charge in [-0.15, -0.1) is 0 Å². The van der Waals surface area contributed by atoms with E-state index in [0.717, 1.165) is 18.2 Å². The number of nitro benzene ring substituents is 1. The third-order valence-electron chi connectivity index (χ3n) is 5.35. The van der Waals surface area contributed by atoms with Crippen molar-refractivity contribution in [1.29, 1.82) is 0 Å². The van der Waals surface area contributed by atoms with E-state index in [1.165, 1.54) is 34.6 Å². The van der Waals surface area contributed by atoms with E-state index in [4.69, 9.17) is 0 Å². The second-order valence-corrected chi connectivity index (χ2v) is 10.3. The fraction of sp³-hybridized carbons (Fsp3) is 0.368. The molecule has 0 amide bonds. The van der Waals surface area contributed by atoms with Gasteiger partial charge >= 0.3 is 6.18 Å². The summed E-state index contributed by atoms with van der Waals surface area (Å²) in [6.45, 7) is 1.88. The Hall–Kier alpha value is -1.98. The van der Waals surface area contributed by atoms with Crippen LogP contribution in [0.25, 0.3) is 0 Å². The van der Waals surface area contributed by atoms with Crippen LogP contribution in [-0.4, -0.2) is 29.0 Å². The van der Waals surface area contributed by atoms with Crippen LogP contribution in [0.2, 0.25) is 0 Å². The van der Waals surface area contributed by atoms with Crippen LogP contribution in [0, 0.1) is 10.1 Å². The first-order chi connectivity index (χ1) is 13.9. The molecule has 0 unspecified atom stereocenters. The second kappa shape index (κ2) is 7.93. The Morgan fingerprint density at radius 2 is 1.83 bits per heavy atom. The molecule has 6 nitrogen and oxygen atoms in total. The molecule has 162 valence electrons. The zero-order valence-corrected chi connectivity index (χ0v) is 18.2. The Morgan fingerprint density at radius 1 is 1.20 bits per heavy atom. The Morgan fingerprint density at radius 3 is 2.37 bits per heavy atom. The molecule has 3 rings (SSSR count). The highest BCUT2D eigenvalue weighted by Gasteiger charge is 2.51. The molecule has 0 radical (unpaired) electrons. The van der Waals surface area contributed by atoms with Crippen LogP contribution >= 0.6 is 15.9 Å². The molecule has 1 fully saturated rings. The minimum atomic E-state index is -4.50. The van der Waals surface area contributed by atoms with Gasteiger partial charge in [-0.2, -0.15) is 17.5 Å². The van der Waals surface area contributed by atoms with Crippen molar-refractivity contribution in [3.05, 3.63) is 69.8 Å². The first-order valence-electron chi connectivity index (χ1n) is 9.00. The van der Waals surface area contributed by atoms with Crippen molar-refractivity contribution in [3.8, 4) is 0 Å². The molecule has 1 saturated heterocycles. The molecule has 0 spiro atoms. The van der Waals surface area contributed by atoms with Crippen molar-refractivity contribution in [1.82, 2.24) is 4.31 Å². The molecule has 30 heavy (non-hydrogen) atoms. The molecule has 0 N–H and O–H groups in total. The summed E-state index contributed by atoms with van der Waals surface area (Å²) >= 11 is 3.46. The van der Waals surface area contributed by atoms with E-state index in [2.05, 4.69) is 15.9 Å². The van der Waals surface area contributed by atoms with Gasteiger partial charge in [0.1, 0.15) is 0 Å². The number of alkyl halides is 4. The van der Waals surface area contributed by atoms with Crippen LogP contribution in [0.1, 0.15) is 30.9 Å². The fourth-order valence-corrected chi connectivity index (χ4v) is 6.70. The molecule has 0 bridgehead atoms. The van der Waals surface area contributed by atoms with Crippen LogP contribution < -0.4 is 0 Å². The van der Waals surface area contributed by atoms with Crippen molar-refractivity contribution < 1.29 is 26.5 Å². The monoisotopic (exact) mass is 506 g/mol. The molecular formula is C19H18BrF3N2O4S. The Kier molecular flexibility index (Phi) is 6.00. The van der Waals surface area contributed by atoms with E-state index >= 15 is 0 Å². The number of nitrogens with zero attached hydrogens (tertiary/aromatic N) is 2. The van der Waals surface area contributed by atoms with Gasteiger partial charge in [-0.05, 0) is 36.6 Å². The van der Waals surface area contributed by atoms with Gasteiger partial charge in [0.25, 0.3) is 5.69 Å². The van der Waals surface area contributed by atoms with Gasteiger partial charge in [-0.1, -0.05) is 41.1 Å². The summed E-state index contributed by atoms with van der Waals surface area (Å²) < 4.78 is 67.0. The minimum Gasteiger partial charge on any atom is -0.258 e. The average Bonchev–Trinajstić information content (AvgIpc) is 3.15. The summed E-state index contributed by atoms with van der Waals surface area (Å²) in [6, 6.07) is 9.20. The van der Waals surface area contributed by atoms with Crippen molar-refractivity contribution in [2.45, 2.75) is 41.2 Å². The Balaban J connectivity index is 2.12. The quantitative estimate of drug-likeness (QED) is 0.321. The zero-order chi connectivity index (χ0) is 22.3. The molecule has 11 heteroatoms. The Labute approximate surface area is 180 Å². The highest BCUT2D eigenvalue weighted by Crippen LogP contribution is 2.48. The van der Waals surface area contributed by atoms with Crippen molar-refractivity contribution >= 4 is 31.6 Å². The largest absolute Gasteiger partial charge is 0.416 e. The molecule has 2 atom stereocenters. The summed E-state index contributed by atoms with van der Waals surface area (Å²) in [7, 11) is -4.16. The molecule has 0 aromatic heterocycles. The highest BCUT2D eigenvalue weighted by molar-refractivity contribution is 9.09. The summed E-state index contributed by atoms with van der Waals surface area (Å²) in [5.41, 5.74) is -1.89. The summed E-state index contributed by atoms with van der Waals surface area (Å²) in [4.78, 5) is 9.72. The van der Waals surface area contributed by atoms with Gasteiger partial charge in [0.05, 0.1) is 20.9 Å². The summed E-state index contributed by atoms with van der Waals surface area (Å²) in [5.74, 6) is 0. The van der Waals surface area contributed by atoms with E-state index in [0.29, 0.717) is 18.4 Å². The lowest BCUT2D eigenvalue weighted by Gasteiger charge is -2.40. The van der Waals surface area contributed by atoms with Crippen LogP contribution in [0.3, 0.4) is 0 Å². The number of hydrogen-bond acceptors (Lipinski definition) is 4. The minimum absolute atomic E-state index is 0.141. The number of halogens is 4. The molecule has 2 aromatic rings. The van der Waals surface area contributed by atoms with Crippen molar-refractivity contribution in [2.24, 2.45) is 0 Å². The van der Waals surface area contributed by atoms with Crippen LogP contribution in [0.15, 0.2) is 53.4 Å². The number of rotatable bonds is 5. The smallest absolute Gasteiger partial charge is 0.258 e. The molecule has 2 aromatic carbocycles. The molecule has 1 aliphatic rings. The topological polar surface area (TPSA) is 80.5 Å². The highest BCUT2D eigenvalue weighted by atomic mass is 79.9. The number of hydrogen-bond donors (Lipinski definition) is 0. The number of benzene rings is 2. The zero-order valence-electron chi connectivity index (χ0n) is 15.8. The van der Waals surface area contributed by atoms with Crippen molar-refractivity contribution in [2.75, 3.05) is 6.54 Å². The molecule has 1 heterocycles. The van der Waals surface area contributed by atoms with Gasteiger partial charge in [0.2, 0.25) is 10.0 Å². The third-order valence-corrected chi connectivity index (χ3v) is 8.05. The summed E-state index contributed by atoms with van der Waals surface area (Å²) in [6.07, 6.45) is -3.62. The van der Waals surface area contributed by atoms with E-state index in [1.54, 1.807) is 6.92 Å². The van der Waals surface area contributed by atoms with E-state index in [1.807, 2.05) is 0 Å². The molecule has 0 saturated carbocycles. The second-order valence-electron chi connectivity index (χ2n) is 7.05. The molecule has 0 aliphatic carbocycles. The first-order valence-corrected chi connectivity index (χ1v) is 11.4. The predicted octanol–water partition coefficient (Wildman–Crippen LogP) is 5.08. The molecule has 1 aliphatic heterocycles. The third kappa shape index (κ3) is 3.85. The number of sulfonamides is 1. The Bertz CT molecular complexity index is 1060. The number of nitro groups is 1. The first kappa shape index (κ1) is 22.7. The van der Waals surface area contributed by atoms with Gasteiger partial charge in [0, 0.05) is 23.5 Å².